The fraction of sp³-hybridized carbons (Fsp3) is 0.560. The lowest BCUT2D eigenvalue weighted by molar-refractivity contribution is -0.138. The molecule has 0 spiro atoms. The Balaban J connectivity index is 1.65. The number of nitrogens with zero attached hydrogens (tertiary/aromatic N) is 4. The molecule has 0 N–H and O–H groups in total. The zero-order chi connectivity index (χ0) is 22.8. The minimum absolute atomic E-state index is 0.187. The molecule has 2 aromatic rings. The van der Waals surface area contributed by atoms with E-state index >= 15 is 0 Å². The van der Waals surface area contributed by atoms with Crippen molar-refractivity contribution < 1.29 is 9.18 Å². The zero-order valence-corrected chi connectivity index (χ0v) is 20.0. The highest BCUT2D eigenvalue weighted by Crippen LogP contribution is 2.32. The molecule has 1 aromatic heterocycles. The van der Waals surface area contributed by atoms with Crippen molar-refractivity contribution in [3.05, 3.63) is 51.7 Å². The van der Waals surface area contributed by atoms with E-state index in [1.807, 2.05) is 4.90 Å². The van der Waals surface area contributed by atoms with Gasteiger partial charge in [-0.25, -0.2) is 14.4 Å². The molecule has 32 heavy (non-hydrogen) atoms. The molecule has 0 bridgehead atoms. The highest BCUT2D eigenvalue weighted by atomic mass is 35.5. The second-order valence-electron chi connectivity index (χ2n) is 9.16. The van der Waals surface area contributed by atoms with Gasteiger partial charge in [-0.15, -0.1) is 0 Å². The molecular weight excluding hydrogens is 427 g/mol. The number of carbonyl (C=O) groups excluding carboxylic acids is 1. The Labute approximate surface area is 195 Å². The molecule has 0 unspecified atom stereocenters. The van der Waals surface area contributed by atoms with Crippen molar-refractivity contribution in [1.29, 1.82) is 0 Å². The average molecular weight is 459 g/mol. The minimum atomic E-state index is -0.311. The van der Waals surface area contributed by atoms with Gasteiger partial charge in [0.15, 0.2) is 0 Å². The third-order valence-electron chi connectivity index (χ3n) is 6.70. The maximum absolute atomic E-state index is 14.6. The van der Waals surface area contributed by atoms with Crippen molar-refractivity contribution in [2.75, 3.05) is 31.1 Å². The van der Waals surface area contributed by atoms with Crippen LogP contribution in [0.1, 0.15) is 68.6 Å². The number of halogens is 2. The monoisotopic (exact) mass is 458 g/mol. The summed E-state index contributed by atoms with van der Waals surface area (Å²) in [7, 11) is 0. The van der Waals surface area contributed by atoms with Crippen LogP contribution in [0.5, 0.6) is 0 Å². The van der Waals surface area contributed by atoms with Gasteiger partial charge in [0.05, 0.1) is 0 Å². The first kappa shape index (κ1) is 23.0. The quantitative estimate of drug-likeness (QED) is 0.611. The number of hydrogen-bond acceptors (Lipinski definition) is 4. The molecule has 2 aliphatic rings. The van der Waals surface area contributed by atoms with Gasteiger partial charge >= 0.3 is 0 Å². The van der Waals surface area contributed by atoms with Crippen LogP contribution in [-0.2, 0) is 17.6 Å². The standard InChI is InChI=1S/C25H32ClFN4O/c1-4-22-19(15-18-20(26)9-6-10-21(18)27)24(29-23(28-22)16(2)3)30-11-13-31(14-12-30)25(32)17-7-5-8-17/h6,9-10,16-17H,4-5,7-8,11-15H2,1-3H3. The van der Waals surface area contributed by atoms with E-state index in [4.69, 9.17) is 21.6 Å². The molecule has 1 aliphatic carbocycles. The zero-order valence-electron chi connectivity index (χ0n) is 19.2. The highest BCUT2D eigenvalue weighted by molar-refractivity contribution is 6.31. The summed E-state index contributed by atoms with van der Waals surface area (Å²) in [6.45, 7) is 9.05. The van der Waals surface area contributed by atoms with Crippen LogP contribution in [0, 0.1) is 11.7 Å². The van der Waals surface area contributed by atoms with E-state index in [1.54, 1.807) is 12.1 Å². The van der Waals surface area contributed by atoms with Gasteiger partial charge in [0, 0.05) is 66.3 Å². The summed E-state index contributed by atoms with van der Waals surface area (Å²) in [5.74, 6) is 2.05. The van der Waals surface area contributed by atoms with Gasteiger partial charge in [0.1, 0.15) is 17.5 Å². The Morgan fingerprint density at radius 3 is 2.44 bits per heavy atom. The molecular formula is C25H32ClFN4O. The number of anilines is 1. The van der Waals surface area contributed by atoms with E-state index in [-0.39, 0.29) is 17.7 Å². The Hall–Kier alpha value is -2.21. The number of rotatable bonds is 6. The van der Waals surface area contributed by atoms with Gasteiger partial charge in [-0.2, -0.15) is 0 Å². The fourth-order valence-electron chi connectivity index (χ4n) is 4.46. The van der Waals surface area contributed by atoms with Gasteiger partial charge in [0.2, 0.25) is 5.91 Å². The van der Waals surface area contributed by atoms with Crippen LogP contribution in [0.25, 0.3) is 0 Å². The maximum Gasteiger partial charge on any atom is 0.225 e. The number of aromatic nitrogens is 2. The van der Waals surface area contributed by atoms with Gasteiger partial charge < -0.3 is 9.80 Å². The Morgan fingerprint density at radius 2 is 1.88 bits per heavy atom. The number of hydrogen-bond donors (Lipinski definition) is 0. The molecule has 1 saturated carbocycles. The van der Waals surface area contributed by atoms with E-state index in [0.717, 1.165) is 48.6 Å². The minimum Gasteiger partial charge on any atom is -0.353 e. The summed E-state index contributed by atoms with van der Waals surface area (Å²) in [5, 5.41) is 0.418. The summed E-state index contributed by atoms with van der Waals surface area (Å²) in [6, 6.07) is 4.79. The van der Waals surface area contributed by atoms with Crippen molar-refractivity contribution in [3.63, 3.8) is 0 Å². The summed E-state index contributed by atoms with van der Waals surface area (Å²) in [6.07, 6.45) is 4.30. The summed E-state index contributed by atoms with van der Waals surface area (Å²) >= 11 is 6.36. The molecule has 0 radical (unpaired) electrons. The third-order valence-corrected chi connectivity index (χ3v) is 7.05. The smallest absolute Gasteiger partial charge is 0.225 e. The van der Waals surface area contributed by atoms with E-state index in [9.17, 15) is 9.18 Å². The highest BCUT2D eigenvalue weighted by Gasteiger charge is 2.32. The Morgan fingerprint density at radius 1 is 1.16 bits per heavy atom. The second-order valence-corrected chi connectivity index (χ2v) is 9.56. The summed E-state index contributed by atoms with van der Waals surface area (Å²) in [5.41, 5.74) is 2.35. The molecule has 0 atom stereocenters. The van der Waals surface area contributed by atoms with E-state index in [0.29, 0.717) is 49.1 Å². The van der Waals surface area contributed by atoms with Crippen LogP contribution in [0.4, 0.5) is 10.2 Å². The molecule has 1 saturated heterocycles. The first-order valence-electron chi connectivity index (χ1n) is 11.7. The predicted octanol–water partition coefficient (Wildman–Crippen LogP) is 4.99. The molecule has 1 amide bonds. The van der Waals surface area contributed by atoms with Crippen LogP contribution >= 0.6 is 11.6 Å². The van der Waals surface area contributed by atoms with Gasteiger partial charge in [-0.3, -0.25) is 4.79 Å². The van der Waals surface area contributed by atoms with Crippen molar-refractivity contribution in [1.82, 2.24) is 14.9 Å². The van der Waals surface area contributed by atoms with Crippen LogP contribution in [0.3, 0.4) is 0 Å². The van der Waals surface area contributed by atoms with Gasteiger partial charge in [0.25, 0.3) is 0 Å². The van der Waals surface area contributed by atoms with Crippen LogP contribution in [0.2, 0.25) is 5.02 Å². The number of benzene rings is 1. The predicted molar refractivity (Wildman–Crippen MR) is 126 cm³/mol. The molecule has 1 aromatic carbocycles. The maximum atomic E-state index is 14.6. The first-order valence-corrected chi connectivity index (χ1v) is 12.1. The molecule has 7 heteroatoms. The normalized spacial score (nSPS) is 17.1. The van der Waals surface area contributed by atoms with Gasteiger partial charge in [-0.1, -0.05) is 44.9 Å². The molecule has 4 rings (SSSR count). The van der Waals surface area contributed by atoms with E-state index < -0.39 is 0 Å². The van der Waals surface area contributed by atoms with Crippen molar-refractivity contribution in [2.24, 2.45) is 5.92 Å². The second kappa shape index (κ2) is 9.74. The molecule has 2 fully saturated rings. The van der Waals surface area contributed by atoms with Crippen molar-refractivity contribution in [3.8, 4) is 0 Å². The van der Waals surface area contributed by atoms with Crippen LogP contribution in [-0.4, -0.2) is 47.0 Å². The topological polar surface area (TPSA) is 49.3 Å². The number of piperazine rings is 1. The lowest BCUT2D eigenvalue weighted by atomic mass is 9.84. The number of carbonyl (C=O) groups is 1. The summed E-state index contributed by atoms with van der Waals surface area (Å²) < 4.78 is 14.6. The van der Waals surface area contributed by atoms with Crippen LogP contribution < -0.4 is 4.90 Å². The Kier molecular flexibility index (Phi) is 6.99. The third kappa shape index (κ3) is 4.61. The van der Waals surface area contributed by atoms with Gasteiger partial charge in [-0.05, 0) is 31.4 Å². The number of amides is 1. The molecule has 172 valence electrons. The van der Waals surface area contributed by atoms with Crippen molar-refractivity contribution in [2.45, 2.75) is 58.8 Å². The number of aryl methyl sites for hydroxylation is 1. The molecule has 2 heterocycles. The fourth-order valence-corrected chi connectivity index (χ4v) is 4.69. The first-order chi connectivity index (χ1) is 15.4. The summed E-state index contributed by atoms with van der Waals surface area (Å²) in [4.78, 5) is 26.7. The average Bonchev–Trinajstić information content (AvgIpc) is 2.74. The lowest BCUT2D eigenvalue weighted by Crippen LogP contribution is -2.51. The van der Waals surface area contributed by atoms with Crippen molar-refractivity contribution >= 4 is 23.3 Å². The van der Waals surface area contributed by atoms with E-state index in [1.165, 1.54) is 6.07 Å². The largest absolute Gasteiger partial charge is 0.353 e. The molecule has 5 nitrogen and oxygen atoms in total. The van der Waals surface area contributed by atoms with E-state index in [2.05, 4.69) is 25.7 Å². The Bertz CT molecular complexity index is 964. The SMILES string of the molecule is CCc1nc(C(C)C)nc(N2CCN(C(=O)C3CCC3)CC2)c1Cc1c(F)cccc1Cl. The lowest BCUT2D eigenvalue weighted by Gasteiger charge is -2.39. The van der Waals surface area contributed by atoms with Crippen LogP contribution in [0.15, 0.2) is 18.2 Å². The molecule has 1 aliphatic heterocycles.